The molecule has 0 saturated heterocycles. The SMILES string of the molecule is N#Cc1ccccc1CSc1nnc(NC(=O)/C=C/c2ccccc2)s1. The maximum absolute atomic E-state index is 12.0. The van der Waals surface area contributed by atoms with Gasteiger partial charge in [-0.15, -0.1) is 10.2 Å². The van der Waals surface area contributed by atoms with E-state index in [4.69, 9.17) is 5.26 Å². The molecule has 26 heavy (non-hydrogen) atoms. The average Bonchev–Trinajstić information content (AvgIpc) is 3.13. The van der Waals surface area contributed by atoms with Crippen LogP contribution in [0.15, 0.2) is 65.0 Å². The molecule has 5 nitrogen and oxygen atoms in total. The molecule has 0 aliphatic rings. The van der Waals surface area contributed by atoms with Crippen molar-refractivity contribution in [3.05, 3.63) is 77.4 Å². The fraction of sp³-hybridized carbons (Fsp3) is 0.0526. The van der Waals surface area contributed by atoms with Gasteiger partial charge in [0.05, 0.1) is 11.6 Å². The van der Waals surface area contributed by atoms with Crippen molar-refractivity contribution >= 4 is 40.2 Å². The minimum Gasteiger partial charge on any atom is -0.297 e. The molecule has 0 aliphatic heterocycles. The third-order valence-corrected chi connectivity index (χ3v) is 5.37. The maximum atomic E-state index is 12.0. The highest BCUT2D eigenvalue weighted by Gasteiger charge is 2.08. The third-order valence-electron chi connectivity index (χ3n) is 3.35. The van der Waals surface area contributed by atoms with Crippen molar-refractivity contribution in [2.24, 2.45) is 0 Å². The number of hydrogen-bond donors (Lipinski definition) is 1. The van der Waals surface area contributed by atoms with Crippen LogP contribution in [-0.4, -0.2) is 16.1 Å². The number of thioether (sulfide) groups is 1. The molecule has 128 valence electrons. The zero-order valence-corrected chi connectivity index (χ0v) is 15.3. The topological polar surface area (TPSA) is 78.7 Å². The van der Waals surface area contributed by atoms with E-state index in [0.29, 0.717) is 16.4 Å². The Morgan fingerprint density at radius 3 is 2.73 bits per heavy atom. The molecule has 0 bridgehead atoms. The van der Waals surface area contributed by atoms with E-state index in [-0.39, 0.29) is 5.91 Å². The Hall–Kier alpha value is -2.95. The molecule has 0 fully saturated rings. The highest BCUT2D eigenvalue weighted by Crippen LogP contribution is 2.29. The summed E-state index contributed by atoms with van der Waals surface area (Å²) in [7, 11) is 0. The van der Waals surface area contributed by atoms with Gasteiger partial charge in [-0.25, -0.2) is 0 Å². The normalized spacial score (nSPS) is 10.6. The van der Waals surface area contributed by atoms with Crippen molar-refractivity contribution in [3.8, 4) is 6.07 Å². The smallest absolute Gasteiger partial charge is 0.250 e. The van der Waals surface area contributed by atoms with Crippen LogP contribution in [0.4, 0.5) is 5.13 Å². The predicted octanol–water partition coefficient (Wildman–Crippen LogP) is 4.35. The molecule has 2 aromatic carbocycles. The standard InChI is InChI=1S/C19H14N4OS2/c20-12-15-8-4-5-9-16(15)13-25-19-23-22-18(26-19)21-17(24)11-10-14-6-2-1-3-7-14/h1-11H,13H2,(H,21,22,24)/b11-10+. The fourth-order valence-corrected chi connectivity index (χ4v) is 3.86. The zero-order chi connectivity index (χ0) is 18.2. The first-order chi connectivity index (χ1) is 12.7. The number of nitrogens with zero attached hydrogens (tertiary/aromatic N) is 3. The van der Waals surface area contributed by atoms with Crippen LogP contribution in [0.25, 0.3) is 6.08 Å². The van der Waals surface area contributed by atoms with Crippen LogP contribution in [0.2, 0.25) is 0 Å². The molecule has 1 N–H and O–H groups in total. The molecule has 3 rings (SSSR count). The van der Waals surface area contributed by atoms with Crippen LogP contribution in [0.1, 0.15) is 16.7 Å². The van der Waals surface area contributed by atoms with Crippen molar-refractivity contribution in [3.63, 3.8) is 0 Å². The van der Waals surface area contributed by atoms with Crippen molar-refractivity contribution in [2.45, 2.75) is 10.1 Å². The van der Waals surface area contributed by atoms with Crippen LogP contribution in [0.3, 0.4) is 0 Å². The molecular weight excluding hydrogens is 364 g/mol. The lowest BCUT2D eigenvalue weighted by Gasteiger charge is -2.00. The van der Waals surface area contributed by atoms with Crippen LogP contribution < -0.4 is 5.32 Å². The van der Waals surface area contributed by atoms with Gasteiger partial charge in [0.25, 0.3) is 0 Å². The molecule has 0 aliphatic carbocycles. The first-order valence-corrected chi connectivity index (χ1v) is 9.53. The van der Waals surface area contributed by atoms with Gasteiger partial charge in [-0.05, 0) is 23.3 Å². The van der Waals surface area contributed by atoms with E-state index in [2.05, 4.69) is 21.6 Å². The predicted molar refractivity (Wildman–Crippen MR) is 105 cm³/mol. The van der Waals surface area contributed by atoms with Gasteiger partial charge in [-0.3, -0.25) is 10.1 Å². The minimum absolute atomic E-state index is 0.253. The number of anilines is 1. The highest BCUT2D eigenvalue weighted by molar-refractivity contribution is 8.00. The fourth-order valence-electron chi connectivity index (χ4n) is 2.10. The number of nitrogens with one attached hydrogen (secondary N) is 1. The largest absolute Gasteiger partial charge is 0.297 e. The number of hydrogen-bond acceptors (Lipinski definition) is 6. The monoisotopic (exact) mass is 378 g/mol. The van der Waals surface area contributed by atoms with Gasteiger partial charge in [-0.2, -0.15) is 5.26 Å². The molecule has 0 unspecified atom stereocenters. The Balaban J connectivity index is 1.55. The first kappa shape index (κ1) is 17.9. The van der Waals surface area contributed by atoms with Crippen molar-refractivity contribution < 1.29 is 4.79 Å². The summed E-state index contributed by atoms with van der Waals surface area (Å²) in [5.41, 5.74) is 2.56. The van der Waals surface area contributed by atoms with Gasteiger partial charge >= 0.3 is 0 Å². The van der Waals surface area contributed by atoms with E-state index in [9.17, 15) is 4.79 Å². The molecule has 1 heterocycles. The quantitative estimate of drug-likeness (QED) is 0.392. The Labute approximate surface area is 159 Å². The van der Waals surface area contributed by atoms with E-state index in [1.807, 2.05) is 48.5 Å². The van der Waals surface area contributed by atoms with E-state index < -0.39 is 0 Å². The number of aromatic nitrogens is 2. The molecule has 0 saturated carbocycles. The summed E-state index contributed by atoms with van der Waals surface area (Å²) in [6.45, 7) is 0. The lowest BCUT2D eigenvalue weighted by molar-refractivity contribution is -0.111. The summed E-state index contributed by atoms with van der Waals surface area (Å²) in [4.78, 5) is 12.0. The Morgan fingerprint density at radius 1 is 1.15 bits per heavy atom. The lowest BCUT2D eigenvalue weighted by atomic mass is 10.1. The third kappa shape index (κ3) is 5.02. The van der Waals surface area contributed by atoms with E-state index in [1.165, 1.54) is 29.2 Å². The summed E-state index contributed by atoms with van der Waals surface area (Å²) in [5.74, 6) is 0.372. The zero-order valence-electron chi connectivity index (χ0n) is 13.6. The Kier molecular flexibility index (Phi) is 6.14. The molecular formula is C19H14N4OS2. The number of amides is 1. The second kappa shape index (κ2) is 8.94. The highest BCUT2D eigenvalue weighted by atomic mass is 32.2. The van der Waals surface area contributed by atoms with Gasteiger partial charge in [0.1, 0.15) is 0 Å². The van der Waals surface area contributed by atoms with Gasteiger partial charge in [0.15, 0.2) is 4.34 Å². The van der Waals surface area contributed by atoms with Crippen LogP contribution in [-0.2, 0) is 10.5 Å². The van der Waals surface area contributed by atoms with E-state index in [1.54, 1.807) is 12.1 Å². The van der Waals surface area contributed by atoms with Crippen LogP contribution in [0.5, 0.6) is 0 Å². The summed E-state index contributed by atoms with van der Waals surface area (Å²) in [6, 6.07) is 19.2. The number of carbonyl (C=O) groups is 1. The van der Waals surface area contributed by atoms with Crippen molar-refractivity contribution in [2.75, 3.05) is 5.32 Å². The second-order valence-electron chi connectivity index (χ2n) is 5.16. The second-order valence-corrected chi connectivity index (χ2v) is 7.36. The van der Waals surface area contributed by atoms with Crippen LogP contribution >= 0.6 is 23.1 Å². The maximum Gasteiger partial charge on any atom is 0.250 e. The van der Waals surface area contributed by atoms with Gasteiger partial charge in [0.2, 0.25) is 11.0 Å². The van der Waals surface area contributed by atoms with Gasteiger partial charge < -0.3 is 0 Å². The first-order valence-electron chi connectivity index (χ1n) is 7.73. The summed E-state index contributed by atoms with van der Waals surface area (Å²) in [6.07, 6.45) is 3.21. The lowest BCUT2D eigenvalue weighted by Crippen LogP contribution is -2.07. The number of benzene rings is 2. The Morgan fingerprint density at radius 2 is 1.92 bits per heavy atom. The summed E-state index contributed by atoms with van der Waals surface area (Å²) >= 11 is 2.79. The van der Waals surface area contributed by atoms with E-state index in [0.717, 1.165) is 15.5 Å². The molecule has 0 spiro atoms. The molecule has 1 amide bonds. The summed E-state index contributed by atoms with van der Waals surface area (Å²) in [5, 5.41) is 20.3. The average molecular weight is 378 g/mol. The molecule has 0 radical (unpaired) electrons. The number of carbonyl (C=O) groups excluding carboxylic acids is 1. The number of rotatable bonds is 6. The molecule has 7 heteroatoms. The minimum atomic E-state index is -0.253. The molecule has 3 aromatic rings. The van der Waals surface area contributed by atoms with Crippen LogP contribution in [0, 0.1) is 11.3 Å². The van der Waals surface area contributed by atoms with Gasteiger partial charge in [0, 0.05) is 11.8 Å². The molecule has 0 atom stereocenters. The van der Waals surface area contributed by atoms with Gasteiger partial charge in [-0.1, -0.05) is 71.6 Å². The molecule has 1 aromatic heterocycles. The van der Waals surface area contributed by atoms with Crippen molar-refractivity contribution in [1.82, 2.24) is 10.2 Å². The van der Waals surface area contributed by atoms with E-state index >= 15 is 0 Å². The number of nitriles is 1. The van der Waals surface area contributed by atoms with Crippen molar-refractivity contribution in [1.29, 1.82) is 5.26 Å². The summed E-state index contributed by atoms with van der Waals surface area (Å²) < 4.78 is 0.736. The Bertz CT molecular complexity index is 961.